The zero-order valence-electron chi connectivity index (χ0n) is 14.1. The Bertz CT molecular complexity index is 771. The molecule has 24 heavy (non-hydrogen) atoms. The first-order valence-electron chi connectivity index (χ1n) is 8.24. The van der Waals surface area contributed by atoms with E-state index in [-0.39, 0.29) is 23.5 Å². The zero-order valence-corrected chi connectivity index (χ0v) is 14.9. The summed E-state index contributed by atoms with van der Waals surface area (Å²) >= 11 is 0. The molecule has 2 heterocycles. The molecule has 2 aromatic rings. The lowest BCUT2D eigenvalue weighted by atomic mass is 10.1. The fraction of sp³-hybridized carbons (Fsp3) is 0.529. The van der Waals surface area contributed by atoms with Gasteiger partial charge in [0.1, 0.15) is 0 Å². The van der Waals surface area contributed by atoms with Crippen LogP contribution in [0.25, 0.3) is 0 Å². The Balaban J connectivity index is 1.78. The lowest BCUT2D eigenvalue weighted by Gasteiger charge is -2.26. The van der Waals surface area contributed by atoms with Crippen LogP contribution in [0.3, 0.4) is 0 Å². The molecule has 1 aliphatic heterocycles. The normalized spacial score (nSPS) is 20.1. The Kier molecular flexibility index (Phi) is 5.01. The van der Waals surface area contributed by atoms with E-state index in [9.17, 15) is 8.42 Å². The summed E-state index contributed by atoms with van der Waals surface area (Å²) in [4.78, 5) is 6.57. The molecule has 1 aromatic heterocycles. The quantitative estimate of drug-likeness (QED) is 0.797. The van der Waals surface area contributed by atoms with Gasteiger partial charge in [-0.15, -0.1) is 0 Å². The standard InChI is InChI=1S/C17H23N3O3S/c1-13(2)17-18-16(23-19-17)11-20(10-14-6-4-3-5-7-14)15-8-9-24(21,22)12-15/h3-7,13,15H,8-12H2,1-2H3/t15-/m0/s1. The first-order chi connectivity index (χ1) is 11.4. The van der Waals surface area contributed by atoms with Crippen LogP contribution < -0.4 is 0 Å². The third-order valence-corrected chi connectivity index (χ3v) is 6.04. The van der Waals surface area contributed by atoms with Crippen LogP contribution in [-0.4, -0.2) is 41.0 Å². The van der Waals surface area contributed by atoms with E-state index in [0.717, 1.165) is 5.56 Å². The molecule has 1 aliphatic rings. The van der Waals surface area contributed by atoms with Crippen molar-refractivity contribution < 1.29 is 12.9 Å². The number of benzene rings is 1. The van der Waals surface area contributed by atoms with Gasteiger partial charge in [-0.25, -0.2) is 8.42 Å². The van der Waals surface area contributed by atoms with Crippen molar-refractivity contribution in [2.45, 2.75) is 45.3 Å². The maximum Gasteiger partial charge on any atom is 0.240 e. The highest BCUT2D eigenvalue weighted by atomic mass is 32.2. The Morgan fingerprint density at radius 3 is 2.58 bits per heavy atom. The molecular weight excluding hydrogens is 326 g/mol. The second-order valence-corrected chi connectivity index (χ2v) is 8.88. The summed E-state index contributed by atoms with van der Waals surface area (Å²) in [5.41, 5.74) is 1.14. The molecule has 0 radical (unpaired) electrons. The highest BCUT2D eigenvalue weighted by Gasteiger charge is 2.33. The zero-order chi connectivity index (χ0) is 17.2. The average molecular weight is 349 g/mol. The van der Waals surface area contributed by atoms with Crippen molar-refractivity contribution in [2.75, 3.05) is 11.5 Å². The van der Waals surface area contributed by atoms with Crippen molar-refractivity contribution >= 4 is 9.84 Å². The van der Waals surface area contributed by atoms with Gasteiger partial charge in [-0.2, -0.15) is 4.98 Å². The second-order valence-electron chi connectivity index (χ2n) is 6.65. The van der Waals surface area contributed by atoms with Crippen LogP contribution in [-0.2, 0) is 22.9 Å². The number of hydrogen-bond donors (Lipinski definition) is 0. The fourth-order valence-electron chi connectivity index (χ4n) is 2.94. The van der Waals surface area contributed by atoms with Gasteiger partial charge in [0.25, 0.3) is 0 Å². The van der Waals surface area contributed by atoms with Crippen LogP contribution in [0.4, 0.5) is 0 Å². The summed E-state index contributed by atoms with van der Waals surface area (Å²) in [5.74, 6) is 1.88. The Morgan fingerprint density at radius 2 is 2.00 bits per heavy atom. The van der Waals surface area contributed by atoms with Crippen molar-refractivity contribution in [1.82, 2.24) is 15.0 Å². The SMILES string of the molecule is CC(C)c1noc(CN(Cc2ccccc2)[C@H]2CCS(=O)(=O)C2)n1. The minimum absolute atomic E-state index is 0.00962. The van der Waals surface area contributed by atoms with Gasteiger partial charge in [0.05, 0.1) is 18.1 Å². The highest BCUT2D eigenvalue weighted by Crippen LogP contribution is 2.22. The Hall–Kier alpha value is -1.73. The number of sulfone groups is 1. The van der Waals surface area contributed by atoms with Crippen LogP contribution >= 0.6 is 0 Å². The van der Waals surface area contributed by atoms with Gasteiger partial charge in [-0.3, -0.25) is 4.90 Å². The molecule has 0 spiro atoms. The van der Waals surface area contributed by atoms with Crippen LogP contribution in [0.5, 0.6) is 0 Å². The molecular formula is C17H23N3O3S. The predicted molar refractivity (Wildman–Crippen MR) is 91.1 cm³/mol. The molecule has 7 heteroatoms. The van der Waals surface area contributed by atoms with Gasteiger partial charge in [0.15, 0.2) is 15.7 Å². The smallest absolute Gasteiger partial charge is 0.240 e. The number of hydrogen-bond acceptors (Lipinski definition) is 6. The molecule has 1 saturated heterocycles. The molecule has 0 saturated carbocycles. The maximum atomic E-state index is 11.9. The summed E-state index contributed by atoms with van der Waals surface area (Å²) < 4.78 is 29.1. The maximum absolute atomic E-state index is 11.9. The van der Waals surface area contributed by atoms with Gasteiger partial charge < -0.3 is 4.52 Å². The van der Waals surface area contributed by atoms with Gasteiger partial charge in [-0.1, -0.05) is 49.3 Å². The molecule has 0 unspecified atom stereocenters. The van der Waals surface area contributed by atoms with E-state index in [2.05, 4.69) is 15.0 Å². The lowest BCUT2D eigenvalue weighted by molar-refractivity contribution is 0.169. The number of aromatic nitrogens is 2. The summed E-state index contributed by atoms with van der Waals surface area (Å²) in [5, 5.41) is 4.00. The largest absolute Gasteiger partial charge is 0.338 e. The van der Waals surface area contributed by atoms with Crippen LogP contribution in [0.1, 0.15) is 43.5 Å². The summed E-state index contributed by atoms with van der Waals surface area (Å²) in [6, 6.07) is 10.0. The number of nitrogens with zero attached hydrogens (tertiary/aromatic N) is 3. The minimum atomic E-state index is -2.94. The van der Waals surface area contributed by atoms with Crippen LogP contribution in [0.2, 0.25) is 0 Å². The molecule has 1 aromatic carbocycles. The van der Waals surface area contributed by atoms with E-state index in [0.29, 0.717) is 31.2 Å². The molecule has 130 valence electrons. The molecule has 0 N–H and O–H groups in total. The van der Waals surface area contributed by atoms with Gasteiger partial charge in [0.2, 0.25) is 5.89 Å². The molecule has 1 fully saturated rings. The third kappa shape index (κ3) is 4.21. The van der Waals surface area contributed by atoms with E-state index in [1.807, 2.05) is 44.2 Å². The highest BCUT2D eigenvalue weighted by molar-refractivity contribution is 7.91. The number of rotatable bonds is 6. The second kappa shape index (κ2) is 7.03. The van der Waals surface area contributed by atoms with Gasteiger partial charge in [-0.05, 0) is 12.0 Å². The fourth-order valence-corrected chi connectivity index (χ4v) is 4.70. The molecule has 0 aliphatic carbocycles. The van der Waals surface area contributed by atoms with Crippen LogP contribution in [0.15, 0.2) is 34.9 Å². The Labute approximate surface area is 142 Å². The van der Waals surface area contributed by atoms with Crippen molar-refractivity contribution in [3.8, 4) is 0 Å². The summed E-state index contributed by atoms with van der Waals surface area (Å²) in [6.45, 7) is 5.16. The van der Waals surface area contributed by atoms with E-state index < -0.39 is 9.84 Å². The van der Waals surface area contributed by atoms with Crippen LogP contribution in [0, 0.1) is 0 Å². The molecule has 3 rings (SSSR count). The predicted octanol–water partition coefficient (Wildman–Crippen LogP) is 2.38. The lowest BCUT2D eigenvalue weighted by Crippen LogP contribution is -2.35. The minimum Gasteiger partial charge on any atom is -0.338 e. The van der Waals surface area contributed by atoms with Crippen molar-refractivity contribution in [2.24, 2.45) is 0 Å². The molecule has 0 amide bonds. The monoisotopic (exact) mass is 349 g/mol. The van der Waals surface area contributed by atoms with Gasteiger partial charge >= 0.3 is 0 Å². The van der Waals surface area contributed by atoms with E-state index >= 15 is 0 Å². The summed E-state index contributed by atoms with van der Waals surface area (Å²) in [6.07, 6.45) is 0.653. The van der Waals surface area contributed by atoms with E-state index in [4.69, 9.17) is 4.52 Å². The van der Waals surface area contributed by atoms with Crippen molar-refractivity contribution in [3.63, 3.8) is 0 Å². The summed E-state index contributed by atoms with van der Waals surface area (Å²) in [7, 11) is -2.94. The van der Waals surface area contributed by atoms with E-state index in [1.54, 1.807) is 0 Å². The van der Waals surface area contributed by atoms with Crippen molar-refractivity contribution in [1.29, 1.82) is 0 Å². The third-order valence-electron chi connectivity index (χ3n) is 4.29. The average Bonchev–Trinajstić information content (AvgIpc) is 3.14. The van der Waals surface area contributed by atoms with Gasteiger partial charge in [0, 0.05) is 18.5 Å². The molecule has 0 bridgehead atoms. The van der Waals surface area contributed by atoms with E-state index in [1.165, 1.54) is 0 Å². The molecule has 6 nitrogen and oxygen atoms in total. The first kappa shape index (κ1) is 17.1. The molecule has 1 atom stereocenters. The first-order valence-corrected chi connectivity index (χ1v) is 10.1. The van der Waals surface area contributed by atoms with Crippen molar-refractivity contribution in [3.05, 3.63) is 47.6 Å². The Morgan fingerprint density at radius 1 is 1.25 bits per heavy atom. The topological polar surface area (TPSA) is 76.3 Å².